The van der Waals surface area contributed by atoms with Crippen molar-refractivity contribution in [3.05, 3.63) is 48.2 Å². The Morgan fingerprint density at radius 3 is 2.40 bits per heavy atom. The van der Waals surface area contributed by atoms with Crippen LogP contribution in [0.4, 0.5) is 5.82 Å². The number of benzene rings is 1. The third-order valence-corrected chi connectivity index (χ3v) is 3.75. The fourth-order valence-electron chi connectivity index (χ4n) is 1.43. The summed E-state index contributed by atoms with van der Waals surface area (Å²) in [6.45, 7) is 0. The SMILES string of the molecule is O=C(O)c1cnc(NS(=O)(=O)c2ccccc2)c(O)c1. The van der Waals surface area contributed by atoms with E-state index < -0.39 is 21.7 Å². The Morgan fingerprint density at radius 2 is 1.85 bits per heavy atom. The minimum Gasteiger partial charge on any atom is -0.504 e. The summed E-state index contributed by atoms with van der Waals surface area (Å²) in [4.78, 5) is 14.3. The first-order valence-electron chi connectivity index (χ1n) is 5.40. The van der Waals surface area contributed by atoms with E-state index >= 15 is 0 Å². The first-order valence-corrected chi connectivity index (χ1v) is 6.88. The Balaban J connectivity index is 2.33. The van der Waals surface area contributed by atoms with Crippen LogP contribution in [0.5, 0.6) is 5.75 Å². The van der Waals surface area contributed by atoms with E-state index in [0.29, 0.717) is 0 Å². The molecule has 2 rings (SSSR count). The van der Waals surface area contributed by atoms with Crippen molar-refractivity contribution >= 4 is 21.8 Å². The molecule has 0 atom stereocenters. The molecule has 0 amide bonds. The molecule has 104 valence electrons. The number of pyridine rings is 1. The highest BCUT2D eigenvalue weighted by Crippen LogP contribution is 2.24. The Bertz CT molecular complexity index is 744. The number of aromatic hydroxyl groups is 1. The second kappa shape index (κ2) is 5.17. The van der Waals surface area contributed by atoms with E-state index in [1.165, 1.54) is 12.1 Å². The Kier molecular flexibility index (Phi) is 3.57. The van der Waals surface area contributed by atoms with Crippen molar-refractivity contribution < 1.29 is 23.4 Å². The molecule has 0 bridgehead atoms. The predicted octanol–water partition coefficient (Wildman–Crippen LogP) is 1.29. The molecule has 0 aliphatic carbocycles. The van der Waals surface area contributed by atoms with E-state index in [2.05, 4.69) is 9.71 Å². The minimum absolute atomic E-state index is 0.00325. The molecule has 0 saturated carbocycles. The third-order valence-electron chi connectivity index (χ3n) is 2.40. The molecule has 0 aliphatic heterocycles. The lowest BCUT2D eigenvalue weighted by Gasteiger charge is -2.08. The largest absolute Gasteiger partial charge is 0.504 e. The van der Waals surface area contributed by atoms with Crippen molar-refractivity contribution in [1.29, 1.82) is 0 Å². The highest BCUT2D eigenvalue weighted by Gasteiger charge is 2.17. The molecule has 8 heteroatoms. The van der Waals surface area contributed by atoms with Crippen molar-refractivity contribution in [1.82, 2.24) is 4.98 Å². The van der Waals surface area contributed by atoms with Gasteiger partial charge in [0.2, 0.25) is 0 Å². The zero-order valence-corrected chi connectivity index (χ0v) is 10.8. The van der Waals surface area contributed by atoms with Gasteiger partial charge in [-0.3, -0.25) is 4.72 Å². The van der Waals surface area contributed by atoms with Gasteiger partial charge in [-0.15, -0.1) is 0 Å². The van der Waals surface area contributed by atoms with Gasteiger partial charge in [0.05, 0.1) is 10.5 Å². The number of carboxylic acid groups (broad SMARTS) is 1. The van der Waals surface area contributed by atoms with E-state index in [1.54, 1.807) is 18.2 Å². The molecule has 7 nitrogen and oxygen atoms in total. The average Bonchev–Trinajstić information content (AvgIpc) is 2.41. The molecule has 0 saturated heterocycles. The van der Waals surface area contributed by atoms with Gasteiger partial charge in [0, 0.05) is 6.20 Å². The predicted molar refractivity (Wildman–Crippen MR) is 70.1 cm³/mol. The number of hydrogen-bond donors (Lipinski definition) is 3. The van der Waals surface area contributed by atoms with Crippen LogP contribution in [-0.2, 0) is 10.0 Å². The van der Waals surface area contributed by atoms with Crippen LogP contribution in [0.3, 0.4) is 0 Å². The molecular weight excluding hydrogens is 284 g/mol. The van der Waals surface area contributed by atoms with Crippen LogP contribution in [0.15, 0.2) is 47.5 Å². The van der Waals surface area contributed by atoms with Crippen molar-refractivity contribution in [2.75, 3.05) is 4.72 Å². The lowest BCUT2D eigenvalue weighted by molar-refractivity contribution is 0.0696. The molecule has 20 heavy (non-hydrogen) atoms. The Labute approximate surface area is 114 Å². The fraction of sp³-hybridized carbons (Fsp3) is 0. The van der Waals surface area contributed by atoms with Crippen LogP contribution in [0.2, 0.25) is 0 Å². The van der Waals surface area contributed by atoms with E-state index in [1.807, 2.05) is 0 Å². The Morgan fingerprint density at radius 1 is 1.20 bits per heavy atom. The fourth-order valence-corrected chi connectivity index (χ4v) is 2.48. The summed E-state index contributed by atoms with van der Waals surface area (Å²) in [5.74, 6) is -2.17. The maximum atomic E-state index is 12.0. The van der Waals surface area contributed by atoms with Gasteiger partial charge in [0.15, 0.2) is 11.6 Å². The molecule has 0 aliphatic rings. The summed E-state index contributed by atoms with van der Waals surface area (Å²) in [6.07, 6.45) is 0.949. The minimum atomic E-state index is -3.89. The molecule has 1 aromatic heterocycles. The van der Waals surface area contributed by atoms with Gasteiger partial charge in [-0.05, 0) is 18.2 Å². The Hall–Kier alpha value is -2.61. The van der Waals surface area contributed by atoms with E-state index in [0.717, 1.165) is 12.3 Å². The summed E-state index contributed by atoms with van der Waals surface area (Å²) >= 11 is 0. The molecule has 3 N–H and O–H groups in total. The quantitative estimate of drug-likeness (QED) is 0.782. The van der Waals surface area contributed by atoms with Crippen LogP contribution in [0.25, 0.3) is 0 Å². The van der Waals surface area contributed by atoms with E-state index in [9.17, 15) is 18.3 Å². The number of nitrogens with zero attached hydrogens (tertiary/aromatic N) is 1. The topological polar surface area (TPSA) is 117 Å². The molecular formula is C12H10N2O5S. The maximum Gasteiger partial charge on any atom is 0.337 e. The number of aromatic carboxylic acids is 1. The van der Waals surface area contributed by atoms with Crippen LogP contribution in [0, 0.1) is 0 Å². The lowest BCUT2D eigenvalue weighted by atomic mass is 10.3. The molecule has 1 aromatic carbocycles. The zero-order valence-electron chi connectivity index (χ0n) is 10.0. The summed E-state index contributed by atoms with van der Waals surface area (Å²) in [5.41, 5.74) is -0.245. The maximum absolute atomic E-state index is 12.0. The molecule has 0 radical (unpaired) electrons. The summed E-state index contributed by atoms with van der Waals surface area (Å²) < 4.78 is 26.1. The molecule has 0 spiro atoms. The number of carboxylic acids is 1. The van der Waals surface area contributed by atoms with Crippen LogP contribution in [-0.4, -0.2) is 29.6 Å². The van der Waals surface area contributed by atoms with Gasteiger partial charge in [-0.2, -0.15) is 0 Å². The van der Waals surface area contributed by atoms with E-state index in [4.69, 9.17) is 5.11 Å². The van der Waals surface area contributed by atoms with Gasteiger partial charge >= 0.3 is 5.97 Å². The smallest absolute Gasteiger partial charge is 0.337 e. The molecule has 0 fully saturated rings. The molecule has 1 heterocycles. The second-order valence-corrected chi connectivity index (χ2v) is 5.50. The van der Waals surface area contributed by atoms with Gasteiger partial charge in [-0.1, -0.05) is 18.2 Å². The first kappa shape index (κ1) is 13.8. The van der Waals surface area contributed by atoms with Gasteiger partial charge in [0.25, 0.3) is 10.0 Å². The number of rotatable bonds is 4. The van der Waals surface area contributed by atoms with Gasteiger partial charge < -0.3 is 10.2 Å². The lowest BCUT2D eigenvalue weighted by Crippen LogP contribution is -2.14. The summed E-state index contributed by atoms with van der Waals surface area (Å²) in [7, 11) is -3.89. The number of sulfonamides is 1. The monoisotopic (exact) mass is 294 g/mol. The van der Waals surface area contributed by atoms with Gasteiger partial charge in [0.1, 0.15) is 0 Å². The van der Waals surface area contributed by atoms with E-state index in [-0.39, 0.29) is 16.3 Å². The van der Waals surface area contributed by atoms with Crippen LogP contribution in [0.1, 0.15) is 10.4 Å². The van der Waals surface area contributed by atoms with Crippen LogP contribution < -0.4 is 4.72 Å². The molecule has 2 aromatic rings. The number of carbonyl (C=O) groups is 1. The van der Waals surface area contributed by atoms with Crippen molar-refractivity contribution in [3.63, 3.8) is 0 Å². The van der Waals surface area contributed by atoms with Crippen molar-refractivity contribution in [2.45, 2.75) is 4.90 Å². The van der Waals surface area contributed by atoms with Crippen molar-refractivity contribution in [2.24, 2.45) is 0 Å². The van der Waals surface area contributed by atoms with Gasteiger partial charge in [-0.25, -0.2) is 18.2 Å². The second-order valence-electron chi connectivity index (χ2n) is 3.82. The number of anilines is 1. The summed E-state index contributed by atoms with van der Waals surface area (Å²) in [6, 6.07) is 8.44. The highest BCUT2D eigenvalue weighted by atomic mass is 32.2. The zero-order chi connectivity index (χ0) is 14.8. The number of hydrogen-bond acceptors (Lipinski definition) is 5. The molecule has 0 unspecified atom stereocenters. The summed E-state index contributed by atoms with van der Waals surface area (Å²) in [5, 5.41) is 18.3. The van der Waals surface area contributed by atoms with Crippen molar-refractivity contribution in [3.8, 4) is 5.75 Å². The first-order chi connectivity index (χ1) is 9.40. The standard InChI is InChI=1S/C12H10N2O5S/c15-10-6-8(12(16)17)7-13-11(10)14-20(18,19)9-4-2-1-3-5-9/h1-7,15H,(H,13,14)(H,16,17). The normalized spacial score (nSPS) is 11.0. The third kappa shape index (κ3) is 2.86. The number of nitrogens with one attached hydrogen (secondary N) is 1. The average molecular weight is 294 g/mol. The van der Waals surface area contributed by atoms with Crippen LogP contribution >= 0.6 is 0 Å². The number of aromatic nitrogens is 1. The highest BCUT2D eigenvalue weighted by molar-refractivity contribution is 7.92.